The van der Waals surface area contributed by atoms with Gasteiger partial charge >= 0.3 is 5.97 Å². The number of benzene rings is 2. The van der Waals surface area contributed by atoms with Crippen molar-refractivity contribution in [3.8, 4) is 17.1 Å². The van der Waals surface area contributed by atoms with Crippen molar-refractivity contribution in [1.29, 1.82) is 0 Å². The molecular formula is C21H16N4O2S. The number of hydrogen-bond acceptors (Lipinski definition) is 5. The lowest BCUT2D eigenvalue weighted by Crippen LogP contribution is -2.09. The number of carboxylic acid groups (broad SMARTS) is 1. The number of thioether (sulfide) groups is 1. The molecule has 0 fully saturated rings. The average Bonchev–Trinajstić information content (AvgIpc) is 3.17. The summed E-state index contributed by atoms with van der Waals surface area (Å²) in [6.07, 6.45) is 3.38. The molecule has 28 heavy (non-hydrogen) atoms. The van der Waals surface area contributed by atoms with Crippen molar-refractivity contribution >= 4 is 17.7 Å². The molecule has 6 nitrogen and oxygen atoms in total. The highest BCUT2D eigenvalue weighted by Gasteiger charge is 2.26. The highest BCUT2D eigenvalue weighted by molar-refractivity contribution is 8.00. The summed E-state index contributed by atoms with van der Waals surface area (Å²) in [6.45, 7) is 0. The number of rotatable bonds is 6. The minimum absolute atomic E-state index is 0.509. The van der Waals surface area contributed by atoms with Gasteiger partial charge in [0, 0.05) is 23.6 Å². The summed E-state index contributed by atoms with van der Waals surface area (Å²) in [5, 5.41) is 18.2. The summed E-state index contributed by atoms with van der Waals surface area (Å²) >= 11 is 1.16. The van der Waals surface area contributed by atoms with Crippen LogP contribution in [0.25, 0.3) is 17.1 Å². The molecule has 2 aromatic heterocycles. The summed E-state index contributed by atoms with van der Waals surface area (Å²) in [5.41, 5.74) is 2.41. The molecule has 1 unspecified atom stereocenters. The molecule has 0 spiro atoms. The summed E-state index contributed by atoms with van der Waals surface area (Å²) in [4.78, 5) is 16.0. The van der Waals surface area contributed by atoms with E-state index < -0.39 is 11.2 Å². The molecule has 0 aliphatic carbocycles. The third-order valence-corrected chi connectivity index (χ3v) is 5.32. The first kappa shape index (κ1) is 17.9. The van der Waals surface area contributed by atoms with Crippen LogP contribution in [0.4, 0.5) is 0 Å². The van der Waals surface area contributed by atoms with Gasteiger partial charge < -0.3 is 5.11 Å². The van der Waals surface area contributed by atoms with Crippen LogP contribution in [-0.4, -0.2) is 30.8 Å². The van der Waals surface area contributed by atoms with Crippen LogP contribution < -0.4 is 0 Å². The van der Waals surface area contributed by atoms with E-state index in [4.69, 9.17) is 0 Å². The molecule has 0 aliphatic heterocycles. The predicted molar refractivity (Wildman–Crippen MR) is 107 cm³/mol. The summed E-state index contributed by atoms with van der Waals surface area (Å²) in [7, 11) is 0. The number of pyridine rings is 1. The molecule has 138 valence electrons. The molecule has 4 aromatic rings. The van der Waals surface area contributed by atoms with Crippen molar-refractivity contribution in [1.82, 2.24) is 19.7 Å². The van der Waals surface area contributed by atoms with E-state index in [1.54, 1.807) is 24.5 Å². The Morgan fingerprint density at radius 2 is 1.54 bits per heavy atom. The standard InChI is InChI=1S/C21H16N4O2S/c26-20(27)18(15-7-3-1-4-8-15)28-21-24-23-19(16-11-13-22-14-12-16)25(21)17-9-5-2-6-10-17/h1-14,18H,(H,26,27). The van der Waals surface area contributed by atoms with Gasteiger partial charge in [0.1, 0.15) is 5.25 Å². The maximum atomic E-state index is 11.9. The molecule has 0 bridgehead atoms. The molecule has 1 atom stereocenters. The second kappa shape index (κ2) is 8.06. The van der Waals surface area contributed by atoms with Crippen LogP contribution in [-0.2, 0) is 4.79 Å². The zero-order valence-corrected chi connectivity index (χ0v) is 15.5. The number of aliphatic carboxylic acids is 1. The molecule has 0 aliphatic rings. The lowest BCUT2D eigenvalue weighted by Gasteiger charge is -2.14. The van der Waals surface area contributed by atoms with Gasteiger partial charge in [0.15, 0.2) is 11.0 Å². The van der Waals surface area contributed by atoms with Gasteiger partial charge in [-0.1, -0.05) is 60.3 Å². The number of carbonyl (C=O) groups is 1. The van der Waals surface area contributed by atoms with Crippen LogP contribution in [0.15, 0.2) is 90.3 Å². The molecule has 2 heterocycles. The Hall–Kier alpha value is -3.45. The van der Waals surface area contributed by atoms with Crippen molar-refractivity contribution in [3.63, 3.8) is 0 Å². The van der Waals surface area contributed by atoms with E-state index in [1.165, 1.54) is 0 Å². The van der Waals surface area contributed by atoms with Crippen LogP contribution in [0.1, 0.15) is 10.8 Å². The minimum Gasteiger partial charge on any atom is -0.480 e. The molecule has 0 amide bonds. The molecule has 0 saturated heterocycles. The number of aromatic nitrogens is 4. The fraction of sp³-hybridized carbons (Fsp3) is 0.0476. The number of nitrogens with zero attached hydrogens (tertiary/aromatic N) is 4. The van der Waals surface area contributed by atoms with Gasteiger partial charge in [0.05, 0.1) is 0 Å². The predicted octanol–water partition coefficient (Wildman–Crippen LogP) is 4.25. The first-order valence-corrected chi connectivity index (χ1v) is 9.47. The van der Waals surface area contributed by atoms with Crippen LogP contribution in [0.5, 0.6) is 0 Å². The summed E-state index contributed by atoms with van der Waals surface area (Å²) in [6, 6.07) is 22.5. The van der Waals surface area contributed by atoms with Crippen LogP contribution in [0, 0.1) is 0 Å². The Kier molecular flexibility index (Phi) is 5.16. The number of para-hydroxylation sites is 1. The Bertz CT molecular complexity index is 1070. The molecule has 0 saturated carbocycles. The molecule has 4 rings (SSSR count). The van der Waals surface area contributed by atoms with Crippen molar-refractivity contribution in [2.75, 3.05) is 0 Å². The lowest BCUT2D eigenvalue weighted by atomic mass is 10.1. The average molecular weight is 388 g/mol. The Morgan fingerprint density at radius 1 is 0.893 bits per heavy atom. The Balaban J connectivity index is 1.81. The van der Waals surface area contributed by atoms with Crippen molar-refractivity contribution in [2.24, 2.45) is 0 Å². The van der Waals surface area contributed by atoms with Gasteiger partial charge in [-0.05, 0) is 29.8 Å². The fourth-order valence-corrected chi connectivity index (χ4v) is 3.83. The maximum Gasteiger partial charge on any atom is 0.321 e. The van der Waals surface area contributed by atoms with Gasteiger partial charge in [0.2, 0.25) is 0 Å². The molecular weight excluding hydrogens is 372 g/mol. The first-order valence-electron chi connectivity index (χ1n) is 8.59. The zero-order valence-electron chi connectivity index (χ0n) is 14.7. The lowest BCUT2D eigenvalue weighted by molar-refractivity contribution is -0.136. The van der Waals surface area contributed by atoms with E-state index in [0.717, 1.165) is 23.0 Å². The summed E-state index contributed by atoms with van der Waals surface area (Å²) in [5.74, 6) is -0.294. The third kappa shape index (κ3) is 3.65. The van der Waals surface area contributed by atoms with E-state index in [1.807, 2.05) is 65.2 Å². The third-order valence-electron chi connectivity index (χ3n) is 4.14. The second-order valence-electron chi connectivity index (χ2n) is 5.96. The van der Waals surface area contributed by atoms with Gasteiger partial charge in [-0.2, -0.15) is 0 Å². The highest BCUT2D eigenvalue weighted by atomic mass is 32.2. The Labute approximate surface area is 165 Å². The van der Waals surface area contributed by atoms with Gasteiger partial charge in [-0.3, -0.25) is 14.3 Å². The quantitative estimate of drug-likeness (QED) is 0.498. The topological polar surface area (TPSA) is 80.9 Å². The van der Waals surface area contributed by atoms with Gasteiger partial charge in [-0.25, -0.2) is 0 Å². The highest BCUT2D eigenvalue weighted by Crippen LogP contribution is 2.37. The van der Waals surface area contributed by atoms with Crippen LogP contribution in [0.3, 0.4) is 0 Å². The van der Waals surface area contributed by atoms with Crippen molar-refractivity contribution in [3.05, 3.63) is 90.8 Å². The summed E-state index contributed by atoms with van der Waals surface area (Å²) < 4.78 is 1.87. The fourth-order valence-electron chi connectivity index (χ4n) is 2.84. The van der Waals surface area contributed by atoms with E-state index in [0.29, 0.717) is 16.5 Å². The smallest absolute Gasteiger partial charge is 0.321 e. The SMILES string of the molecule is O=C(O)C(Sc1nnc(-c2ccncc2)n1-c1ccccc1)c1ccccc1. The number of hydrogen-bond donors (Lipinski definition) is 1. The number of carboxylic acids is 1. The second-order valence-corrected chi connectivity index (χ2v) is 7.03. The van der Waals surface area contributed by atoms with Crippen LogP contribution in [0.2, 0.25) is 0 Å². The zero-order chi connectivity index (χ0) is 19.3. The van der Waals surface area contributed by atoms with E-state index >= 15 is 0 Å². The van der Waals surface area contributed by atoms with Gasteiger partial charge in [-0.15, -0.1) is 10.2 Å². The normalized spacial score (nSPS) is 11.9. The van der Waals surface area contributed by atoms with E-state index in [2.05, 4.69) is 15.2 Å². The van der Waals surface area contributed by atoms with Crippen molar-refractivity contribution in [2.45, 2.75) is 10.4 Å². The maximum absolute atomic E-state index is 11.9. The molecule has 0 radical (unpaired) electrons. The minimum atomic E-state index is -0.927. The largest absolute Gasteiger partial charge is 0.480 e. The first-order chi connectivity index (χ1) is 13.7. The van der Waals surface area contributed by atoms with Gasteiger partial charge in [0.25, 0.3) is 0 Å². The van der Waals surface area contributed by atoms with E-state index in [9.17, 15) is 9.90 Å². The monoisotopic (exact) mass is 388 g/mol. The van der Waals surface area contributed by atoms with E-state index in [-0.39, 0.29) is 0 Å². The van der Waals surface area contributed by atoms with Crippen LogP contribution >= 0.6 is 11.8 Å². The molecule has 2 aromatic carbocycles. The molecule has 1 N–H and O–H groups in total. The molecule has 7 heteroatoms. The Morgan fingerprint density at radius 3 is 2.18 bits per heavy atom. The van der Waals surface area contributed by atoms with Crippen molar-refractivity contribution < 1.29 is 9.90 Å².